The zero-order chi connectivity index (χ0) is 12.6. The summed E-state index contributed by atoms with van der Waals surface area (Å²) in [7, 11) is 0. The van der Waals surface area contributed by atoms with Crippen LogP contribution in [0.4, 0.5) is 0 Å². The van der Waals surface area contributed by atoms with Gasteiger partial charge in [0, 0.05) is 18.0 Å². The molecule has 1 heteroatoms. The van der Waals surface area contributed by atoms with Crippen LogP contribution in [0.5, 0.6) is 0 Å². The molecule has 1 aromatic heterocycles. The van der Waals surface area contributed by atoms with E-state index >= 15 is 0 Å². The Balaban J connectivity index is 2.76. The molecule has 1 heterocycles. The van der Waals surface area contributed by atoms with Gasteiger partial charge in [0.25, 0.3) is 0 Å². The first-order valence-electron chi connectivity index (χ1n) is 5.92. The standard InChI is InChI=1S/C16H19N/c1-6-17-8-7-12(3)16(17)15-13(4)9-11(2)10-14(15)5/h6-10H,1H2,2-5H3. The Morgan fingerprint density at radius 1 is 1.00 bits per heavy atom. The minimum absolute atomic E-state index is 1.26. The van der Waals surface area contributed by atoms with Gasteiger partial charge in [0.05, 0.1) is 5.69 Å². The summed E-state index contributed by atoms with van der Waals surface area (Å²) < 4.78 is 2.10. The van der Waals surface area contributed by atoms with Crippen LogP contribution in [0, 0.1) is 27.7 Å². The van der Waals surface area contributed by atoms with Crippen LogP contribution in [0.1, 0.15) is 22.3 Å². The normalized spacial score (nSPS) is 10.6. The summed E-state index contributed by atoms with van der Waals surface area (Å²) in [5, 5.41) is 0. The number of hydrogen-bond donors (Lipinski definition) is 0. The van der Waals surface area contributed by atoms with Crippen molar-refractivity contribution in [3.05, 3.63) is 53.2 Å². The monoisotopic (exact) mass is 225 g/mol. The second kappa shape index (κ2) is 4.25. The summed E-state index contributed by atoms with van der Waals surface area (Å²) in [6.45, 7) is 12.5. The SMILES string of the molecule is C=Cn1ccc(C)c1-c1c(C)cc(C)cc1C. The first-order chi connectivity index (χ1) is 8.04. The Hall–Kier alpha value is -1.76. The second-order valence-corrected chi connectivity index (χ2v) is 4.71. The van der Waals surface area contributed by atoms with E-state index in [2.05, 4.69) is 63.2 Å². The average Bonchev–Trinajstić information content (AvgIpc) is 2.59. The smallest absolute Gasteiger partial charge is 0.0556 e. The van der Waals surface area contributed by atoms with Gasteiger partial charge in [0.1, 0.15) is 0 Å². The fourth-order valence-electron chi connectivity index (χ4n) is 2.58. The third-order valence-electron chi connectivity index (χ3n) is 3.23. The van der Waals surface area contributed by atoms with Crippen LogP contribution < -0.4 is 0 Å². The van der Waals surface area contributed by atoms with Crippen LogP contribution in [-0.4, -0.2) is 4.57 Å². The van der Waals surface area contributed by atoms with E-state index in [-0.39, 0.29) is 0 Å². The molecular formula is C16H19N. The molecule has 0 unspecified atom stereocenters. The minimum atomic E-state index is 1.26. The molecule has 1 aromatic carbocycles. The van der Waals surface area contributed by atoms with Crippen molar-refractivity contribution in [3.8, 4) is 11.3 Å². The lowest BCUT2D eigenvalue weighted by Gasteiger charge is -2.14. The highest BCUT2D eigenvalue weighted by Gasteiger charge is 2.12. The Labute approximate surface area is 103 Å². The summed E-state index contributed by atoms with van der Waals surface area (Å²) in [6.07, 6.45) is 3.93. The van der Waals surface area contributed by atoms with Gasteiger partial charge in [-0.25, -0.2) is 0 Å². The van der Waals surface area contributed by atoms with E-state index < -0.39 is 0 Å². The summed E-state index contributed by atoms with van der Waals surface area (Å²) in [6, 6.07) is 6.61. The predicted octanol–water partition coefficient (Wildman–Crippen LogP) is 4.49. The lowest BCUT2D eigenvalue weighted by molar-refractivity contribution is 1.16. The van der Waals surface area contributed by atoms with E-state index in [1.807, 2.05) is 6.20 Å². The van der Waals surface area contributed by atoms with Gasteiger partial charge < -0.3 is 4.57 Å². The molecule has 0 radical (unpaired) electrons. The highest BCUT2D eigenvalue weighted by atomic mass is 14.9. The molecule has 0 aliphatic heterocycles. The van der Waals surface area contributed by atoms with Gasteiger partial charge in [-0.05, 0) is 50.5 Å². The van der Waals surface area contributed by atoms with Crippen LogP contribution in [0.2, 0.25) is 0 Å². The van der Waals surface area contributed by atoms with Crippen molar-refractivity contribution in [1.82, 2.24) is 4.57 Å². The molecule has 0 aliphatic carbocycles. The van der Waals surface area contributed by atoms with E-state index in [4.69, 9.17) is 0 Å². The highest BCUT2D eigenvalue weighted by molar-refractivity contribution is 5.73. The zero-order valence-corrected chi connectivity index (χ0v) is 11.0. The van der Waals surface area contributed by atoms with Crippen molar-refractivity contribution in [2.75, 3.05) is 0 Å². The molecule has 0 bridgehead atoms. The molecule has 1 nitrogen and oxygen atoms in total. The topological polar surface area (TPSA) is 4.93 Å². The number of rotatable bonds is 2. The van der Waals surface area contributed by atoms with Gasteiger partial charge in [-0.3, -0.25) is 0 Å². The summed E-state index contributed by atoms with van der Waals surface area (Å²) in [4.78, 5) is 0. The lowest BCUT2D eigenvalue weighted by Crippen LogP contribution is -1.96. The maximum Gasteiger partial charge on any atom is 0.0556 e. The number of benzene rings is 1. The third-order valence-corrected chi connectivity index (χ3v) is 3.23. The maximum atomic E-state index is 3.87. The van der Waals surface area contributed by atoms with Crippen molar-refractivity contribution in [1.29, 1.82) is 0 Å². The summed E-state index contributed by atoms with van der Waals surface area (Å²) >= 11 is 0. The molecule has 2 rings (SSSR count). The van der Waals surface area contributed by atoms with Gasteiger partial charge in [-0.15, -0.1) is 0 Å². The largest absolute Gasteiger partial charge is 0.324 e. The fourth-order valence-corrected chi connectivity index (χ4v) is 2.58. The molecular weight excluding hydrogens is 206 g/mol. The lowest BCUT2D eigenvalue weighted by atomic mass is 9.95. The minimum Gasteiger partial charge on any atom is -0.324 e. The van der Waals surface area contributed by atoms with Crippen molar-refractivity contribution >= 4 is 6.20 Å². The second-order valence-electron chi connectivity index (χ2n) is 4.71. The van der Waals surface area contributed by atoms with E-state index in [1.54, 1.807) is 0 Å². The van der Waals surface area contributed by atoms with Crippen LogP contribution in [0.25, 0.3) is 17.5 Å². The molecule has 0 fully saturated rings. The molecule has 0 spiro atoms. The van der Waals surface area contributed by atoms with Gasteiger partial charge in [0.15, 0.2) is 0 Å². The molecule has 0 saturated heterocycles. The summed E-state index contributed by atoms with van der Waals surface area (Å²) in [5.41, 5.74) is 7.85. The van der Waals surface area contributed by atoms with E-state index in [9.17, 15) is 0 Å². The number of aromatic nitrogens is 1. The zero-order valence-electron chi connectivity index (χ0n) is 11.0. The molecule has 17 heavy (non-hydrogen) atoms. The van der Waals surface area contributed by atoms with Crippen LogP contribution in [0.3, 0.4) is 0 Å². The Bertz CT molecular complexity index is 550. The van der Waals surface area contributed by atoms with Gasteiger partial charge in [-0.1, -0.05) is 24.3 Å². The summed E-state index contributed by atoms with van der Waals surface area (Å²) in [5.74, 6) is 0. The predicted molar refractivity (Wildman–Crippen MR) is 75.2 cm³/mol. The van der Waals surface area contributed by atoms with Crippen LogP contribution in [0.15, 0.2) is 31.0 Å². The maximum absolute atomic E-state index is 3.87. The van der Waals surface area contributed by atoms with Crippen molar-refractivity contribution < 1.29 is 0 Å². The quantitative estimate of drug-likeness (QED) is 0.709. The van der Waals surface area contributed by atoms with E-state index in [1.165, 1.54) is 33.5 Å². The van der Waals surface area contributed by atoms with Crippen LogP contribution in [-0.2, 0) is 0 Å². The van der Waals surface area contributed by atoms with Gasteiger partial charge >= 0.3 is 0 Å². The van der Waals surface area contributed by atoms with Crippen LogP contribution >= 0.6 is 0 Å². The molecule has 88 valence electrons. The van der Waals surface area contributed by atoms with Crippen molar-refractivity contribution in [3.63, 3.8) is 0 Å². The highest BCUT2D eigenvalue weighted by Crippen LogP contribution is 2.31. The molecule has 0 atom stereocenters. The Morgan fingerprint density at radius 3 is 2.12 bits per heavy atom. The fraction of sp³-hybridized carbons (Fsp3) is 0.250. The first kappa shape index (κ1) is 11.7. The number of nitrogens with zero attached hydrogens (tertiary/aromatic N) is 1. The third kappa shape index (κ3) is 1.93. The molecule has 0 aliphatic rings. The molecule has 0 amide bonds. The molecule has 0 N–H and O–H groups in total. The van der Waals surface area contributed by atoms with Gasteiger partial charge in [-0.2, -0.15) is 0 Å². The number of hydrogen-bond acceptors (Lipinski definition) is 0. The van der Waals surface area contributed by atoms with Crippen molar-refractivity contribution in [2.24, 2.45) is 0 Å². The van der Waals surface area contributed by atoms with E-state index in [0.717, 1.165) is 0 Å². The van der Waals surface area contributed by atoms with Crippen molar-refractivity contribution in [2.45, 2.75) is 27.7 Å². The van der Waals surface area contributed by atoms with Gasteiger partial charge in [0.2, 0.25) is 0 Å². The number of aryl methyl sites for hydroxylation is 4. The molecule has 0 saturated carbocycles. The molecule has 2 aromatic rings. The first-order valence-corrected chi connectivity index (χ1v) is 5.92. The Morgan fingerprint density at radius 2 is 1.59 bits per heavy atom. The Kier molecular flexibility index (Phi) is 2.93. The average molecular weight is 225 g/mol. The van der Waals surface area contributed by atoms with E-state index in [0.29, 0.717) is 0 Å².